The fraction of sp³-hybridized carbons (Fsp3) is 0.136. The summed E-state index contributed by atoms with van der Waals surface area (Å²) in [5.74, 6) is 0.0673. The second-order valence-corrected chi connectivity index (χ2v) is 6.22. The highest BCUT2D eigenvalue weighted by atomic mass is 16.5. The van der Waals surface area contributed by atoms with Crippen LogP contribution in [0.4, 0.5) is 0 Å². The van der Waals surface area contributed by atoms with E-state index in [1.54, 1.807) is 42.7 Å². The monoisotopic (exact) mass is 392 g/mol. The first-order valence-corrected chi connectivity index (χ1v) is 8.79. The van der Waals surface area contributed by atoms with E-state index in [1.807, 2.05) is 26.0 Å². The number of nitrogens with zero attached hydrogens (tertiary/aromatic N) is 2. The summed E-state index contributed by atoms with van der Waals surface area (Å²) in [6.07, 6.45) is 4.48. The molecule has 7 heteroatoms. The summed E-state index contributed by atoms with van der Waals surface area (Å²) < 4.78 is 16.8. The van der Waals surface area contributed by atoms with Gasteiger partial charge in [0, 0.05) is 18.0 Å². The van der Waals surface area contributed by atoms with Crippen LogP contribution in [0.2, 0.25) is 0 Å². The molecule has 0 fully saturated rings. The summed E-state index contributed by atoms with van der Waals surface area (Å²) in [6, 6.07) is 12.4. The molecule has 3 aromatic rings. The maximum absolute atomic E-state index is 11.6. The first-order valence-electron chi connectivity index (χ1n) is 8.79. The molecule has 2 aromatic carbocycles. The van der Waals surface area contributed by atoms with Crippen LogP contribution in [-0.2, 0) is 9.53 Å². The van der Waals surface area contributed by atoms with Gasteiger partial charge in [-0.2, -0.15) is 0 Å². The molecule has 0 aliphatic carbocycles. The number of ether oxygens (including phenoxy) is 3. The normalized spacial score (nSPS) is 11.1. The van der Waals surface area contributed by atoms with Gasteiger partial charge < -0.3 is 19.3 Å². The Morgan fingerprint density at radius 3 is 2.34 bits per heavy atom. The quantitative estimate of drug-likeness (QED) is 0.458. The number of para-hydroxylation sites is 2. The lowest BCUT2D eigenvalue weighted by Gasteiger charge is -2.16. The number of aliphatic carboxylic acids is 1. The van der Waals surface area contributed by atoms with Gasteiger partial charge in [-0.25, -0.2) is 14.8 Å². The first-order chi connectivity index (χ1) is 14.0. The maximum atomic E-state index is 11.6. The van der Waals surface area contributed by atoms with E-state index in [-0.39, 0.29) is 11.6 Å². The second-order valence-electron chi connectivity index (χ2n) is 6.22. The van der Waals surface area contributed by atoms with Crippen LogP contribution >= 0.6 is 0 Å². The minimum atomic E-state index is -1.13. The zero-order valence-corrected chi connectivity index (χ0v) is 16.2. The molecule has 0 spiro atoms. The van der Waals surface area contributed by atoms with Gasteiger partial charge in [-0.05, 0) is 37.1 Å². The Hall–Kier alpha value is -3.87. The van der Waals surface area contributed by atoms with Crippen LogP contribution in [0, 0.1) is 13.8 Å². The van der Waals surface area contributed by atoms with Crippen LogP contribution in [0.5, 0.6) is 23.3 Å². The summed E-state index contributed by atoms with van der Waals surface area (Å²) in [5, 5.41) is 9.52. The Kier molecular flexibility index (Phi) is 6.09. The lowest BCUT2D eigenvalue weighted by Crippen LogP contribution is -2.03. The van der Waals surface area contributed by atoms with Crippen molar-refractivity contribution >= 4 is 11.5 Å². The van der Waals surface area contributed by atoms with Crippen molar-refractivity contribution in [2.75, 3.05) is 7.11 Å². The van der Waals surface area contributed by atoms with Crippen molar-refractivity contribution < 1.29 is 24.1 Å². The molecule has 7 nitrogen and oxygen atoms in total. The van der Waals surface area contributed by atoms with Gasteiger partial charge in [0.15, 0.2) is 11.5 Å². The van der Waals surface area contributed by atoms with E-state index in [2.05, 4.69) is 9.97 Å². The molecule has 1 aromatic heterocycles. The number of carbonyl (C=O) groups is 1. The van der Waals surface area contributed by atoms with Gasteiger partial charge >= 0.3 is 12.0 Å². The van der Waals surface area contributed by atoms with Crippen LogP contribution in [0.1, 0.15) is 16.7 Å². The molecule has 148 valence electrons. The van der Waals surface area contributed by atoms with E-state index in [9.17, 15) is 9.90 Å². The number of hydrogen-bond donors (Lipinski definition) is 1. The molecule has 0 atom stereocenters. The summed E-state index contributed by atoms with van der Waals surface area (Å²) >= 11 is 0. The molecule has 0 saturated carbocycles. The third-order valence-electron chi connectivity index (χ3n) is 3.99. The maximum Gasteiger partial charge on any atom is 0.339 e. The van der Waals surface area contributed by atoms with Gasteiger partial charge in [0.2, 0.25) is 0 Å². The van der Waals surface area contributed by atoms with Crippen molar-refractivity contribution in [1.29, 1.82) is 0 Å². The Balaban J connectivity index is 2.00. The lowest BCUT2D eigenvalue weighted by molar-refractivity contribution is -0.130. The van der Waals surface area contributed by atoms with Crippen LogP contribution < -0.4 is 9.47 Å². The number of benzene rings is 2. The van der Waals surface area contributed by atoms with Crippen molar-refractivity contribution in [2.24, 2.45) is 0 Å². The van der Waals surface area contributed by atoms with Gasteiger partial charge in [0.05, 0.1) is 13.4 Å². The minimum absolute atomic E-state index is 0.0277. The zero-order valence-electron chi connectivity index (χ0n) is 16.2. The van der Waals surface area contributed by atoms with Gasteiger partial charge in [-0.1, -0.05) is 30.3 Å². The predicted molar refractivity (Wildman–Crippen MR) is 107 cm³/mol. The lowest BCUT2D eigenvalue weighted by atomic mass is 10.1. The molecule has 0 radical (unpaired) electrons. The molecule has 0 aliphatic rings. The number of rotatable bonds is 7. The Morgan fingerprint density at radius 2 is 1.66 bits per heavy atom. The topological polar surface area (TPSA) is 90.8 Å². The summed E-state index contributed by atoms with van der Waals surface area (Å²) in [5.41, 5.74) is 2.08. The fourth-order valence-corrected chi connectivity index (χ4v) is 2.61. The molecule has 0 bridgehead atoms. The SMILES string of the molecule is CO/C=C(/C(=O)O)c1ccccc1Oc1cccc(C)c1Oc1ncc(C)cn1. The van der Waals surface area contributed by atoms with Gasteiger partial charge in [-0.3, -0.25) is 0 Å². The molecule has 0 saturated heterocycles. The van der Waals surface area contributed by atoms with E-state index < -0.39 is 5.97 Å². The first kappa shape index (κ1) is 19.9. The summed E-state index contributed by atoms with van der Waals surface area (Å²) in [6.45, 7) is 3.76. The molecular formula is C22H20N2O5. The fourth-order valence-electron chi connectivity index (χ4n) is 2.61. The van der Waals surface area contributed by atoms with E-state index >= 15 is 0 Å². The Labute approximate surface area is 168 Å². The third kappa shape index (κ3) is 4.70. The van der Waals surface area contributed by atoms with Gasteiger partial charge in [0.25, 0.3) is 0 Å². The molecule has 29 heavy (non-hydrogen) atoms. The van der Waals surface area contributed by atoms with Crippen LogP contribution in [0.3, 0.4) is 0 Å². The van der Waals surface area contributed by atoms with Gasteiger partial charge in [0.1, 0.15) is 11.3 Å². The van der Waals surface area contributed by atoms with E-state index in [1.165, 1.54) is 13.4 Å². The highest BCUT2D eigenvalue weighted by molar-refractivity contribution is 6.15. The second kappa shape index (κ2) is 8.88. The third-order valence-corrected chi connectivity index (χ3v) is 3.99. The molecule has 3 rings (SSSR count). The highest BCUT2D eigenvalue weighted by Gasteiger charge is 2.18. The average molecular weight is 392 g/mol. The van der Waals surface area contributed by atoms with Crippen molar-refractivity contribution in [2.45, 2.75) is 13.8 Å². The van der Waals surface area contributed by atoms with E-state index in [0.29, 0.717) is 22.8 Å². The van der Waals surface area contributed by atoms with Crippen LogP contribution in [0.15, 0.2) is 61.1 Å². The van der Waals surface area contributed by atoms with Crippen LogP contribution in [0.25, 0.3) is 5.57 Å². The molecule has 0 unspecified atom stereocenters. The molecule has 1 N–H and O–H groups in total. The average Bonchev–Trinajstić information content (AvgIpc) is 2.70. The number of hydrogen-bond acceptors (Lipinski definition) is 6. The highest BCUT2D eigenvalue weighted by Crippen LogP contribution is 2.38. The summed E-state index contributed by atoms with van der Waals surface area (Å²) in [4.78, 5) is 20.0. The molecule has 0 aliphatic heterocycles. The number of carboxylic acids is 1. The number of methoxy groups -OCH3 is 1. The molecule has 1 heterocycles. The smallest absolute Gasteiger partial charge is 0.339 e. The van der Waals surface area contributed by atoms with Crippen molar-refractivity contribution in [3.8, 4) is 23.3 Å². The zero-order chi connectivity index (χ0) is 20.8. The van der Waals surface area contributed by atoms with Crippen LogP contribution in [-0.4, -0.2) is 28.2 Å². The Morgan fingerprint density at radius 1 is 0.966 bits per heavy atom. The number of aromatic nitrogens is 2. The Bertz CT molecular complexity index is 1050. The largest absolute Gasteiger partial charge is 0.503 e. The molecule has 0 amide bonds. The van der Waals surface area contributed by atoms with Crippen molar-refractivity contribution in [3.63, 3.8) is 0 Å². The standard InChI is InChI=1S/C22H20N2O5/c1-14-11-23-22(24-12-14)29-20-15(2)7-6-10-19(20)28-18-9-5-4-8-16(18)17(13-27-3)21(25)26/h4-13H,1-3H3,(H,25,26)/b17-13+. The minimum Gasteiger partial charge on any atom is -0.503 e. The number of carboxylic acid groups (broad SMARTS) is 1. The summed E-state index contributed by atoms with van der Waals surface area (Å²) in [7, 11) is 1.39. The van der Waals surface area contributed by atoms with E-state index in [4.69, 9.17) is 14.2 Å². The predicted octanol–water partition coefficient (Wildman–Crippen LogP) is 4.75. The number of aryl methyl sites for hydroxylation is 2. The van der Waals surface area contributed by atoms with Crippen molar-refractivity contribution in [3.05, 3.63) is 77.8 Å². The molecular weight excluding hydrogens is 372 g/mol. The van der Waals surface area contributed by atoms with Crippen molar-refractivity contribution in [1.82, 2.24) is 9.97 Å². The van der Waals surface area contributed by atoms with E-state index in [0.717, 1.165) is 11.1 Å². The van der Waals surface area contributed by atoms with Gasteiger partial charge in [-0.15, -0.1) is 0 Å².